The summed E-state index contributed by atoms with van der Waals surface area (Å²) >= 11 is 0. The zero-order chi connectivity index (χ0) is 17.0. The van der Waals surface area contributed by atoms with Crippen molar-refractivity contribution in [3.8, 4) is 6.07 Å². The van der Waals surface area contributed by atoms with Gasteiger partial charge in [0.25, 0.3) is 0 Å². The molecule has 0 bridgehead atoms. The minimum absolute atomic E-state index is 0.0977. The van der Waals surface area contributed by atoms with E-state index in [9.17, 15) is 4.79 Å². The maximum atomic E-state index is 12.2. The van der Waals surface area contributed by atoms with Crippen molar-refractivity contribution in [2.45, 2.75) is 38.5 Å². The number of hydrogen-bond donors (Lipinski definition) is 1. The zero-order valence-electron chi connectivity index (χ0n) is 14.8. The highest BCUT2D eigenvalue weighted by atomic mass is 16.5. The van der Waals surface area contributed by atoms with E-state index in [2.05, 4.69) is 21.2 Å². The molecule has 0 radical (unpaired) electrons. The average molecular weight is 336 g/mol. The van der Waals surface area contributed by atoms with Gasteiger partial charge in [0.05, 0.1) is 25.8 Å². The van der Waals surface area contributed by atoms with Crippen LogP contribution in [0.1, 0.15) is 38.5 Å². The van der Waals surface area contributed by atoms with Crippen molar-refractivity contribution in [3.63, 3.8) is 0 Å². The van der Waals surface area contributed by atoms with E-state index in [4.69, 9.17) is 10.00 Å². The van der Waals surface area contributed by atoms with Crippen molar-refractivity contribution < 1.29 is 9.53 Å². The molecule has 1 amide bonds. The number of morpholine rings is 1. The fourth-order valence-electron chi connectivity index (χ4n) is 3.49. The Hall–Kier alpha value is -1.16. The molecular weight excluding hydrogens is 304 g/mol. The summed E-state index contributed by atoms with van der Waals surface area (Å²) in [7, 11) is 0. The van der Waals surface area contributed by atoms with Crippen molar-refractivity contribution in [1.82, 2.24) is 15.1 Å². The van der Waals surface area contributed by atoms with Crippen LogP contribution in [0.3, 0.4) is 0 Å². The van der Waals surface area contributed by atoms with Gasteiger partial charge in [0.2, 0.25) is 5.91 Å². The number of ether oxygens (including phenoxy) is 1. The molecule has 1 saturated carbocycles. The van der Waals surface area contributed by atoms with Gasteiger partial charge in [0.15, 0.2) is 0 Å². The molecule has 1 aliphatic carbocycles. The van der Waals surface area contributed by atoms with E-state index in [1.165, 1.54) is 32.1 Å². The minimum atomic E-state index is 0.0977. The maximum Gasteiger partial charge on any atom is 0.234 e. The van der Waals surface area contributed by atoms with E-state index < -0.39 is 0 Å². The number of hydrogen-bond acceptors (Lipinski definition) is 5. The summed E-state index contributed by atoms with van der Waals surface area (Å²) in [5.74, 6) is 0.754. The average Bonchev–Trinajstić information content (AvgIpc) is 2.64. The van der Waals surface area contributed by atoms with E-state index in [1.54, 1.807) is 0 Å². The van der Waals surface area contributed by atoms with Crippen LogP contribution < -0.4 is 5.32 Å². The summed E-state index contributed by atoms with van der Waals surface area (Å²) in [6.07, 6.45) is 6.90. The topological polar surface area (TPSA) is 68.6 Å². The molecular formula is C18H32N4O2. The number of nitrogens with zero attached hydrogens (tertiary/aromatic N) is 3. The summed E-state index contributed by atoms with van der Waals surface area (Å²) in [6.45, 7) is 7.15. The van der Waals surface area contributed by atoms with Crippen LogP contribution in [0.2, 0.25) is 0 Å². The molecule has 136 valence electrons. The Kier molecular flexibility index (Phi) is 9.11. The van der Waals surface area contributed by atoms with Crippen molar-refractivity contribution >= 4 is 5.91 Å². The Bertz CT molecular complexity index is 398. The molecule has 24 heavy (non-hydrogen) atoms. The van der Waals surface area contributed by atoms with Crippen LogP contribution >= 0.6 is 0 Å². The number of nitriles is 1. The SMILES string of the molecule is N#CCCN(CCN1CCOCC1)CC(=O)NCC1CCCCC1. The number of nitrogens with one attached hydrogen (secondary N) is 1. The summed E-state index contributed by atoms with van der Waals surface area (Å²) < 4.78 is 5.36. The van der Waals surface area contributed by atoms with Gasteiger partial charge in [0.1, 0.15) is 0 Å². The standard InChI is InChI=1S/C18H32N4O2/c19-7-4-8-22(10-9-21-11-13-24-14-12-21)16-18(23)20-15-17-5-2-1-3-6-17/h17H,1-6,8-16H2,(H,20,23). The van der Waals surface area contributed by atoms with Crippen molar-refractivity contribution in [3.05, 3.63) is 0 Å². The fourth-order valence-corrected chi connectivity index (χ4v) is 3.49. The quantitative estimate of drug-likeness (QED) is 0.686. The first-order valence-corrected chi connectivity index (χ1v) is 9.44. The van der Waals surface area contributed by atoms with Gasteiger partial charge in [0, 0.05) is 45.7 Å². The second kappa shape index (κ2) is 11.4. The van der Waals surface area contributed by atoms with Gasteiger partial charge in [-0.3, -0.25) is 14.6 Å². The molecule has 2 fully saturated rings. The highest BCUT2D eigenvalue weighted by Gasteiger charge is 2.17. The third-order valence-electron chi connectivity index (χ3n) is 5.06. The van der Waals surface area contributed by atoms with Crippen LogP contribution in [-0.4, -0.2) is 74.7 Å². The first-order valence-electron chi connectivity index (χ1n) is 9.44. The summed E-state index contributed by atoms with van der Waals surface area (Å²) in [5, 5.41) is 11.9. The normalized spacial score (nSPS) is 20.0. The van der Waals surface area contributed by atoms with Crippen molar-refractivity contribution in [2.75, 3.05) is 59.0 Å². The predicted octanol–water partition coefficient (Wildman–Crippen LogP) is 1.23. The molecule has 0 aromatic rings. The fraction of sp³-hybridized carbons (Fsp3) is 0.889. The van der Waals surface area contributed by atoms with E-state index in [-0.39, 0.29) is 5.91 Å². The van der Waals surface area contributed by atoms with E-state index in [1.807, 2.05) is 0 Å². The minimum Gasteiger partial charge on any atom is -0.379 e. The van der Waals surface area contributed by atoms with Gasteiger partial charge in [-0.25, -0.2) is 0 Å². The second-order valence-electron chi connectivity index (χ2n) is 6.95. The molecule has 6 heteroatoms. The number of rotatable bonds is 9. The van der Waals surface area contributed by atoms with E-state index >= 15 is 0 Å². The first kappa shape index (κ1) is 19.2. The Morgan fingerprint density at radius 3 is 2.67 bits per heavy atom. The third kappa shape index (κ3) is 7.61. The number of amides is 1. The lowest BCUT2D eigenvalue weighted by atomic mass is 9.89. The Morgan fingerprint density at radius 2 is 1.96 bits per heavy atom. The van der Waals surface area contributed by atoms with Crippen LogP contribution in [0.25, 0.3) is 0 Å². The summed E-state index contributed by atoms with van der Waals surface area (Å²) in [6, 6.07) is 2.19. The van der Waals surface area contributed by atoms with Crippen LogP contribution in [0.5, 0.6) is 0 Å². The molecule has 1 N–H and O–H groups in total. The second-order valence-corrected chi connectivity index (χ2v) is 6.95. The lowest BCUT2D eigenvalue weighted by Crippen LogP contribution is -2.45. The monoisotopic (exact) mass is 336 g/mol. The zero-order valence-corrected chi connectivity index (χ0v) is 14.8. The molecule has 0 aromatic carbocycles. The van der Waals surface area contributed by atoms with E-state index in [0.29, 0.717) is 25.4 Å². The molecule has 2 aliphatic rings. The Labute approximate surface area is 146 Å². The first-order chi connectivity index (χ1) is 11.8. The molecule has 2 rings (SSSR count). The number of carbonyl (C=O) groups excluding carboxylic acids is 1. The lowest BCUT2D eigenvalue weighted by Gasteiger charge is -2.29. The molecule has 1 heterocycles. The molecule has 0 atom stereocenters. The largest absolute Gasteiger partial charge is 0.379 e. The smallest absolute Gasteiger partial charge is 0.234 e. The van der Waals surface area contributed by atoms with Crippen LogP contribution in [0, 0.1) is 17.2 Å². The predicted molar refractivity (Wildman–Crippen MR) is 93.5 cm³/mol. The van der Waals surface area contributed by atoms with Crippen LogP contribution in [0.4, 0.5) is 0 Å². The Balaban J connectivity index is 1.67. The molecule has 0 unspecified atom stereocenters. The van der Waals surface area contributed by atoms with Crippen LogP contribution in [-0.2, 0) is 9.53 Å². The van der Waals surface area contributed by atoms with Gasteiger partial charge in [-0.2, -0.15) is 5.26 Å². The van der Waals surface area contributed by atoms with Gasteiger partial charge in [-0.1, -0.05) is 19.3 Å². The van der Waals surface area contributed by atoms with Gasteiger partial charge in [-0.15, -0.1) is 0 Å². The Morgan fingerprint density at radius 1 is 1.21 bits per heavy atom. The van der Waals surface area contributed by atoms with E-state index in [0.717, 1.165) is 45.9 Å². The van der Waals surface area contributed by atoms with Gasteiger partial charge in [-0.05, 0) is 18.8 Å². The number of carbonyl (C=O) groups is 1. The highest BCUT2D eigenvalue weighted by molar-refractivity contribution is 5.78. The molecule has 0 aromatic heterocycles. The molecule has 6 nitrogen and oxygen atoms in total. The van der Waals surface area contributed by atoms with Crippen LogP contribution in [0.15, 0.2) is 0 Å². The lowest BCUT2D eigenvalue weighted by molar-refractivity contribution is -0.122. The third-order valence-corrected chi connectivity index (χ3v) is 5.06. The molecule has 0 spiro atoms. The summed E-state index contributed by atoms with van der Waals surface area (Å²) in [4.78, 5) is 16.7. The van der Waals surface area contributed by atoms with Gasteiger partial charge >= 0.3 is 0 Å². The molecule has 1 saturated heterocycles. The maximum absolute atomic E-state index is 12.2. The highest BCUT2D eigenvalue weighted by Crippen LogP contribution is 2.22. The molecule has 1 aliphatic heterocycles. The summed E-state index contributed by atoms with van der Waals surface area (Å²) in [5.41, 5.74) is 0. The van der Waals surface area contributed by atoms with Gasteiger partial charge < -0.3 is 10.1 Å². The van der Waals surface area contributed by atoms with Crippen molar-refractivity contribution in [1.29, 1.82) is 5.26 Å². The van der Waals surface area contributed by atoms with Crippen molar-refractivity contribution in [2.24, 2.45) is 5.92 Å².